The maximum Gasteiger partial charge on any atom is 0.253 e. The van der Waals surface area contributed by atoms with Gasteiger partial charge in [-0.15, -0.1) is 10.2 Å². The molecule has 1 amide bonds. The molecule has 6 nitrogen and oxygen atoms in total. The van der Waals surface area contributed by atoms with Crippen LogP contribution < -0.4 is 4.74 Å². The van der Waals surface area contributed by atoms with Gasteiger partial charge in [0.1, 0.15) is 12.4 Å². The Morgan fingerprint density at radius 2 is 1.40 bits per heavy atom. The van der Waals surface area contributed by atoms with Gasteiger partial charge in [0.2, 0.25) is 11.8 Å². The number of nitrogens with zero attached hydrogens (tertiary/aromatic N) is 3. The van der Waals surface area contributed by atoms with E-state index in [4.69, 9.17) is 9.15 Å². The van der Waals surface area contributed by atoms with Crippen LogP contribution in [0.4, 0.5) is 0 Å². The van der Waals surface area contributed by atoms with Crippen molar-refractivity contribution < 1.29 is 13.9 Å². The van der Waals surface area contributed by atoms with Crippen LogP contribution in [0.5, 0.6) is 5.75 Å². The monoisotopic (exact) mass is 399 g/mol. The van der Waals surface area contributed by atoms with E-state index in [1.807, 2.05) is 72.8 Å². The summed E-state index contributed by atoms with van der Waals surface area (Å²) in [4.78, 5) is 14.3. The Morgan fingerprint density at radius 3 is 2.03 bits per heavy atom. The molecule has 150 valence electrons. The predicted molar refractivity (Wildman–Crippen MR) is 114 cm³/mol. The molecule has 0 spiro atoms. The minimum Gasteiger partial charge on any atom is -0.492 e. The number of carbonyl (C=O) groups is 1. The zero-order chi connectivity index (χ0) is 20.8. The van der Waals surface area contributed by atoms with Crippen molar-refractivity contribution in [3.8, 4) is 28.7 Å². The second kappa shape index (κ2) is 9.05. The predicted octanol–water partition coefficient (Wildman–Crippen LogP) is 4.55. The number of ether oxygens (including phenoxy) is 1. The summed E-state index contributed by atoms with van der Waals surface area (Å²) >= 11 is 0. The normalized spacial score (nSPS) is 10.6. The molecule has 0 atom stereocenters. The molecule has 4 aromatic rings. The van der Waals surface area contributed by atoms with Crippen molar-refractivity contribution in [2.45, 2.75) is 0 Å². The van der Waals surface area contributed by atoms with Crippen LogP contribution >= 0.6 is 0 Å². The molecule has 1 aromatic heterocycles. The highest BCUT2D eigenvalue weighted by Crippen LogP contribution is 2.24. The highest BCUT2D eigenvalue weighted by molar-refractivity contribution is 5.94. The van der Waals surface area contributed by atoms with Crippen molar-refractivity contribution in [3.05, 3.63) is 90.5 Å². The Kier molecular flexibility index (Phi) is 5.85. The Bertz CT molecular complexity index is 1090. The molecule has 30 heavy (non-hydrogen) atoms. The Labute approximate surface area is 174 Å². The molecule has 0 aliphatic rings. The molecule has 0 bridgehead atoms. The van der Waals surface area contributed by atoms with Gasteiger partial charge >= 0.3 is 0 Å². The van der Waals surface area contributed by atoms with Gasteiger partial charge in [-0.3, -0.25) is 4.79 Å². The van der Waals surface area contributed by atoms with Crippen molar-refractivity contribution in [1.29, 1.82) is 0 Å². The molecule has 0 aliphatic carbocycles. The number of amides is 1. The smallest absolute Gasteiger partial charge is 0.253 e. The molecular formula is C24H21N3O3. The van der Waals surface area contributed by atoms with Gasteiger partial charge in [-0.05, 0) is 48.5 Å². The van der Waals surface area contributed by atoms with Crippen molar-refractivity contribution in [2.75, 3.05) is 20.2 Å². The summed E-state index contributed by atoms with van der Waals surface area (Å²) < 4.78 is 11.4. The van der Waals surface area contributed by atoms with Gasteiger partial charge in [-0.25, -0.2) is 0 Å². The maximum atomic E-state index is 12.6. The van der Waals surface area contributed by atoms with E-state index in [0.29, 0.717) is 30.5 Å². The van der Waals surface area contributed by atoms with E-state index in [1.165, 1.54) is 0 Å². The molecule has 1 heterocycles. The maximum absolute atomic E-state index is 12.6. The van der Waals surface area contributed by atoms with Crippen LogP contribution in [0.15, 0.2) is 89.3 Å². The molecule has 0 N–H and O–H groups in total. The Morgan fingerprint density at radius 1 is 0.833 bits per heavy atom. The first-order valence-corrected chi connectivity index (χ1v) is 9.63. The van der Waals surface area contributed by atoms with E-state index in [9.17, 15) is 4.79 Å². The zero-order valence-corrected chi connectivity index (χ0v) is 16.6. The van der Waals surface area contributed by atoms with Crippen molar-refractivity contribution in [2.24, 2.45) is 0 Å². The second-order valence-corrected chi connectivity index (χ2v) is 6.74. The molecule has 4 rings (SSSR count). The van der Waals surface area contributed by atoms with E-state index in [0.717, 1.165) is 16.9 Å². The molecule has 0 saturated heterocycles. The van der Waals surface area contributed by atoms with Gasteiger partial charge in [-0.2, -0.15) is 0 Å². The van der Waals surface area contributed by atoms with Gasteiger partial charge in [0.25, 0.3) is 5.91 Å². The van der Waals surface area contributed by atoms with E-state index in [2.05, 4.69) is 10.2 Å². The summed E-state index contributed by atoms with van der Waals surface area (Å²) in [6.45, 7) is 0.911. The molecule has 0 fully saturated rings. The van der Waals surface area contributed by atoms with Gasteiger partial charge < -0.3 is 14.1 Å². The van der Waals surface area contributed by atoms with Crippen LogP contribution in [0.2, 0.25) is 0 Å². The summed E-state index contributed by atoms with van der Waals surface area (Å²) in [5, 5.41) is 8.21. The first kappa shape index (κ1) is 19.4. The molecule has 0 saturated carbocycles. The average Bonchev–Trinajstić information content (AvgIpc) is 3.30. The lowest BCUT2D eigenvalue weighted by Crippen LogP contribution is -2.30. The van der Waals surface area contributed by atoms with Gasteiger partial charge in [-0.1, -0.05) is 36.4 Å². The second-order valence-electron chi connectivity index (χ2n) is 6.74. The molecular weight excluding hydrogens is 378 g/mol. The van der Waals surface area contributed by atoms with E-state index in [-0.39, 0.29) is 5.91 Å². The summed E-state index contributed by atoms with van der Waals surface area (Å²) in [5.74, 6) is 1.59. The zero-order valence-electron chi connectivity index (χ0n) is 16.6. The lowest BCUT2D eigenvalue weighted by molar-refractivity contribution is 0.0774. The highest BCUT2D eigenvalue weighted by Gasteiger charge is 2.14. The van der Waals surface area contributed by atoms with Gasteiger partial charge in [0.05, 0.1) is 6.54 Å². The van der Waals surface area contributed by atoms with Gasteiger partial charge in [0, 0.05) is 23.7 Å². The molecule has 6 heteroatoms. The van der Waals surface area contributed by atoms with Crippen LogP contribution in [0.1, 0.15) is 10.4 Å². The lowest BCUT2D eigenvalue weighted by atomic mass is 10.1. The standard InChI is InChI=1S/C24H21N3O3/c1-27(16-17-29-21-10-6-3-7-11-21)24(28)20-14-12-19(13-15-20)23-26-25-22(30-23)18-8-4-2-5-9-18/h2-15H,16-17H2,1H3. The number of likely N-dealkylation sites (N-methyl/N-ethyl adjacent to an activating group) is 1. The number of para-hydroxylation sites is 1. The number of aromatic nitrogens is 2. The average molecular weight is 399 g/mol. The quantitative estimate of drug-likeness (QED) is 0.456. The number of rotatable bonds is 7. The number of carbonyl (C=O) groups excluding carboxylic acids is 1. The fourth-order valence-corrected chi connectivity index (χ4v) is 2.93. The van der Waals surface area contributed by atoms with Crippen LogP contribution in [-0.2, 0) is 0 Å². The fraction of sp³-hybridized carbons (Fsp3) is 0.125. The minimum atomic E-state index is -0.0753. The summed E-state index contributed by atoms with van der Waals surface area (Å²) in [5.41, 5.74) is 2.21. The van der Waals surface area contributed by atoms with Crippen LogP contribution in [0.3, 0.4) is 0 Å². The number of benzene rings is 3. The fourth-order valence-electron chi connectivity index (χ4n) is 2.93. The number of hydrogen-bond acceptors (Lipinski definition) is 5. The molecule has 0 radical (unpaired) electrons. The third-order valence-electron chi connectivity index (χ3n) is 4.61. The largest absolute Gasteiger partial charge is 0.492 e. The Hall–Kier alpha value is -3.93. The number of hydrogen-bond donors (Lipinski definition) is 0. The highest BCUT2D eigenvalue weighted by atomic mass is 16.5. The third kappa shape index (κ3) is 4.55. The molecule has 3 aromatic carbocycles. The summed E-state index contributed by atoms with van der Waals surface area (Å²) in [6, 6.07) is 26.3. The van der Waals surface area contributed by atoms with Crippen molar-refractivity contribution in [1.82, 2.24) is 15.1 Å². The first-order valence-electron chi connectivity index (χ1n) is 9.63. The molecule has 0 unspecified atom stereocenters. The van der Waals surface area contributed by atoms with Crippen molar-refractivity contribution in [3.63, 3.8) is 0 Å². The minimum absolute atomic E-state index is 0.0753. The van der Waals surface area contributed by atoms with Crippen LogP contribution in [-0.4, -0.2) is 41.2 Å². The third-order valence-corrected chi connectivity index (χ3v) is 4.61. The van der Waals surface area contributed by atoms with Crippen LogP contribution in [0.25, 0.3) is 22.9 Å². The first-order chi connectivity index (χ1) is 14.7. The SMILES string of the molecule is CN(CCOc1ccccc1)C(=O)c1ccc(-c2nnc(-c3ccccc3)o2)cc1. The van der Waals surface area contributed by atoms with Crippen molar-refractivity contribution >= 4 is 5.91 Å². The summed E-state index contributed by atoms with van der Waals surface area (Å²) in [7, 11) is 1.76. The van der Waals surface area contributed by atoms with E-state index in [1.54, 1.807) is 24.1 Å². The lowest BCUT2D eigenvalue weighted by Gasteiger charge is -2.17. The molecule has 0 aliphatic heterocycles. The topological polar surface area (TPSA) is 68.5 Å². The Balaban J connectivity index is 1.37. The van der Waals surface area contributed by atoms with E-state index >= 15 is 0 Å². The van der Waals surface area contributed by atoms with Gasteiger partial charge in [0.15, 0.2) is 0 Å². The van der Waals surface area contributed by atoms with Crippen LogP contribution in [0, 0.1) is 0 Å². The summed E-state index contributed by atoms with van der Waals surface area (Å²) in [6.07, 6.45) is 0. The van der Waals surface area contributed by atoms with E-state index < -0.39 is 0 Å².